The number of phenols is 1. The Balaban J connectivity index is 1.90. The van der Waals surface area contributed by atoms with Gasteiger partial charge in [-0.2, -0.15) is 0 Å². The van der Waals surface area contributed by atoms with Crippen molar-refractivity contribution in [1.29, 1.82) is 0 Å². The lowest BCUT2D eigenvalue weighted by molar-refractivity contribution is 0.0134. The van der Waals surface area contributed by atoms with Crippen molar-refractivity contribution in [2.24, 2.45) is 4.99 Å². The summed E-state index contributed by atoms with van der Waals surface area (Å²) >= 11 is 14.4. The molecule has 1 spiro atoms. The van der Waals surface area contributed by atoms with Crippen LogP contribution in [0.25, 0.3) is 0 Å². The van der Waals surface area contributed by atoms with Crippen LogP contribution in [0, 0.1) is 0 Å². The summed E-state index contributed by atoms with van der Waals surface area (Å²) in [5.74, 6) is 0.550. The number of aromatic hydroxyl groups is 1. The van der Waals surface area contributed by atoms with Crippen molar-refractivity contribution in [3.8, 4) is 11.5 Å². The maximum atomic E-state index is 10.2. The molecule has 0 fully saturated rings. The van der Waals surface area contributed by atoms with Crippen LogP contribution in [0.4, 0.5) is 0 Å². The number of rotatable bonds is 1. The SMILES string of the molecule is CSC1=NC2(CC(c3ccccc3Cl)c3cc(Cl)c(O)cc3O2)CC(C)(C)N1. The minimum absolute atomic E-state index is 0.00219. The second-order valence-electron chi connectivity index (χ2n) is 7.97. The molecule has 0 amide bonds. The molecule has 2 aromatic rings. The fourth-order valence-corrected chi connectivity index (χ4v) is 5.25. The molecule has 148 valence electrons. The Labute approximate surface area is 179 Å². The van der Waals surface area contributed by atoms with Gasteiger partial charge in [0, 0.05) is 41.0 Å². The van der Waals surface area contributed by atoms with E-state index in [0.717, 1.165) is 16.3 Å². The van der Waals surface area contributed by atoms with Gasteiger partial charge in [0.25, 0.3) is 0 Å². The maximum absolute atomic E-state index is 10.2. The number of aliphatic imine (C=N–C) groups is 1. The second kappa shape index (κ2) is 7.05. The third-order valence-corrected chi connectivity index (χ3v) is 6.45. The molecule has 2 heterocycles. The molecule has 2 atom stereocenters. The van der Waals surface area contributed by atoms with Crippen LogP contribution in [0.2, 0.25) is 10.0 Å². The van der Waals surface area contributed by atoms with Crippen LogP contribution in [0.5, 0.6) is 11.5 Å². The van der Waals surface area contributed by atoms with E-state index in [0.29, 0.717) is 28.6 Å². The summed E-state index contributed by atoms with van der Waals surface area (Å²) in [6.07, 6.45) is 3.32. The highest BCUT2D eigenvalue weighted by molar-refractivity contribution is 8.13. The number of hydrogen-bond donors (Lipinski definition) is 2. The lowest BCUT2D eigenvalue weighted by Gasteiger charge is -2.47. The molecule has 2 aromatic carbocycles. The lowest BCUT2D eigenvalue weighted by atomic mass is 9.77. The van der Waals surface area contributed by atoms with Gasteiger partial charge in [0.05, 0.1) is 5.02 Å². The van der Waals surface area contributed by atoms with Crippen molar-refractivity contribution in [1.82, 2.24) is 5.32 Å². The van der Waals surface area contributed by atoms with Crippen LogP contribution in [0.1, 0.15) is 43.7 Å². The standard InChI is InChI=1S/C21H22Cl2N2O2S/c1-20(2)11-21(25-19(24-20)28-3)10-14(12-6-4-5-7-15(12)22)13-8-16(23)17(26)9-18(13)27-21/h4-9,14,26H,10-11H2,1-3H3,(H,24,25). The maximum Gasteiger partial charge on any atom is 0.206 e. The van der Waals surface area contributed by atoms with Gasteiger partial charge < -0.3 is 15.2 Å². The molecule has 0 bridgehead atoms. The zero-order chi connectivity index (χ0) is 20.1. The number of phenolic OH excluding ortho intramolecular Hbond substituents is 1. The van der Waals surface area contributed by atoms with E-state index >= 15 is 0 Å². The summed E-state index contributed by atoms with van der Waals surface area (Å²) in [6.45, 7) is 4.28. The van der Waals surface area contributed by atoms with Crippen molar-refractivity contribution in [2.45, 2.75) is 43.9 Å². The molecule has 0 aliphatic carbocycles. The molecule has 2 unspecified atom stereocenters. The molecule has 4 nitrogen and oxygen atoms in total. The smallest absolute Gasteiger partial charge is 0.206 e. The number of thioether (sulfide) groups is 1. The van der Waals surface area contributed by atoms with E-state index in [1.165, 1.54) is 0 Å². The van der Waals surface area contributed by atoms with Gasteiger partial charge in [-0.1, -0.05) is 53.2 Å². The number of benzene rings is 2. The van der Waals surface area contributed by atoms with Crippen molar-refractivity contribution in [3.05, 3.63) is 57.6 Å². The Hall–Kier alpha value is -1.56. The molecule has 0 aromatic heterocycles. The Bertz CT molecular complexity index is 963. The molecule has 7 heteroatoms. The molecular weight excluding hydrogens is 415 g/mol. The molecule has 2 N–H and O–H groups in total. The number of ether oxygens (including phenoxy) is 1. The van der Waals surface area contributed by atoms with Crippen LogP contribution in [0.15, 0.2) is 41.4 Å². The van der Waals surface area contributed by atoms with Gasteiger partial charge in [-0.3, -0.25) is 0 Å². The average Bonchev–Trinajstić information content (AvgIpc) is 2.61. The zero-order valence-electron chi connectivity index (χ0n) is 15.9. The normalized spacial score (nSPS) is 25.5. The predicted octanol–water partition coefficient (Wildman–Crippen LogP) is 5.80. The molecule has 2 aliphatic heterocycles. The Kier molecular flexibility index (Phi) is 4.97. The minimum atomic E-state index is -0.746. The van der Waals surface area contributed by atoms with Crippen LogP contribution in [-0.2, 0) is 0 Å². The van der Waals surface area contributed by atoms with Gasteiger partial charge in [-0.05, 0) is 37.8 Å². The van der Waals surface area contributed by atoms with Crippen LogP contribution < -0.4 is 10.1 Å². The number of nitrogens with zero attached hydrogens (tertiary/aromatic N) is 1. The molecule has 0 saturated heterocycles. The number of amidine groups is 1. The van der Waals surface area contributed by atoms with E-state index in [1.54, 1.807) is 23.9 Å². The number of hydrogen-bond acceptors (Lipinski definition) is 5. The number of fused-ring (bicyclic) bond motifs is 1. The molecular formula is C21H22Cl2N2O2S. The topological polar surface area (TPSA) is 53.9 Å². The quantitative estimate of drug-likeness (QED) is 0.592. The summed E-state index contributed by atoms with van der Waals surface area (Å²) in [6, 6.07) is 11.2. The monoisotopic (exact) mass is 436 g/mol. The van der Waals surface area contributed by atoms with Gasteiger partial charge in [0.2, 0.25) is 5.72 Å². The molecule has 28 heavy (non-hydrogen) atoms. The van der Waals surface area contributed by atoms with Gasteiger partial charge >= 0.3 is 0 Å². The van der Waals surface area contributed by atoms with Crippen molar-refractivity contribution in [2.75, 3.05) is 6.26 Å². The minimum Gasteiger partial charge on any atom is -0.506 e. The highest BCUT2D eigenvalue weighted by atomic mass is 35.5. The lowest BCUT2D eigenvalue weighted by Crippen LogP contribution is -2.56. The zero-order valence-corrected chi connectivity index (χ0v) is 18.3. The summed E-state index contributed by atoms with van der Waals surface area (Å²) in [5.41, 5.74) is 0.993. The Morgan fingerprint density at radius 3 is 2.64 bits per heavy atom. The largest absolute Gasteiger partial charge is 0.506 e. The van der Waals surface area contributed by atoms with Crippen LogP contribution in [0.3, 0.4) is 0 Å². The third-order valence-electron chi connectivity index (χ3n) is 5.22. The highest BCUT2D eigenvalue weighted by Gasteiger charge is 2.48. The predicted molar refractivity (Wildman–Crippen MR) is 117 cm³/mol. The first-order valence-electron chi connectivity index (χ1n) is 9.10. The first-order chi connectivity index (χ1) is 13.2. The van der Waals surface area contributed by atoms with Crippen molar-refractivity contribution < 1.29 is 9.84 Å². The third kappa shape index (κ3) is 3.56. The van der Waals surface area contributed by atoms with E-state index < -0.39 is 5.72 Å². The summed E-state index contributed by atoms with van der Waals surface area (Å²) in [4.78, 5) is 4.93. The van der Waals surface area contributed by atoms with Crippen molar-refractivity contribution in [3.63, 3.8) is 0 Å². The van der Waals surface area contributed by atoms with Gasteiger partial charge in [0.1, 0.15) is 11.5 Å². The highest BCUT2D eigenvalue weighted by Crippen LogP contribution is 2.51. The first-order valence-corrected chi connectivity index (χ1v) is 11.1. The molecule has 2 aliphatic rings. The van der Waals surface area contributed by atoms with E-state index in [4.69, 9.17) is 32.9 Å². The Morgan fingerprint density at radius 2 is 1.93 bits per heavy atom. The van der Waals surface area contributed by atoms with Gasteiger partial charge in [-0.25, -0.2) is 4.99 Å². The fraction of sp³-hybridized carbons (Fsp3) is 0.381. The summed E-state index contributed by atoms with van der Waals surface area (Å²) in [5, 5.41) is 15.5. The number of nitrogens with one attached hydrogen (secondary N) is 1. The van der Waals surface area contributed by atoms with E-state index in [2.05, 4.69) is 19.2 Å². The van der Waals surface area contributed by atoms with E-state index in [9.17, 15) is 5.11 Å². The van der Waals surface area contributed by atoms with E-state index in [1.807, 2.05) is 30.5 Å². The van der Waals surface area contributed by atoms with Gasteiger partial charge in [-0.15, -0.1) is 0 Å². The molecule has 0 radical (unpaired) electrons. The summed E-state index contributed by atoms with van der Waals surface area (Å²) in [7, 11) is 0. The first kappa shape index (κ1) is 19.7. The van der Waals surface area contributed by atoms with E-state index in [-0.39, 0.29) is 17.2 Å². The fourth-order valence-electron chi connectivity index (χ4n) is 4.18. The molecule has 4 rings (SSSR count). The van der Waals surface area contributed by atoms with Crippen molar-refractivity contribution >= 4 is 40.1 Å². The van der Waals surface area contributed by atoms with Crippen LogP contribution in [-0.4, -0.2) is 27.8 Å². The van der Waals surface area contributed by atoms with Gasteiger partial charge in [0.15, 0.2) is 5.17 Å². The van der Waals surface area contributed by atoms with Crippen LogP contribution >= 0.6 is 35.0 Å². The number of halogens is 2. The Morgan fingerprint density at radius 1 is 1.18 bits per heavy atom. The average molecular weight is 437 g/mol. The molecule has 0 saturated carbocycles. The summed E-state index contributed by atoms with van der Waals surface area (Å²) < 4.78 is 6.45. The second-order valence-corrected chi connectivity index (χ2v) is 9.58.